The molecule has 0 bridgehead atoms. The first kappa shape index (κ1) is 24.2. The number of piperidine rings is 1. The molecule has 9 heteroatoms. The van der Waals surface area contributed by atoms with Crippen LogP contribution in [0.15, 0.2) is 47.4 Å². The van der Waals surface area contributed by atoms with E-state index in [0.717, 1.165) is 30.4 Å². The number of benzene rings is 2. The minimum atomic E-state index is -3.61. The summed E-state index contributed by atoms with van der Waals surface area (Å²) < 4.78 is 33.4. The highest BCUT2D eigenvalue weighted by molar-refractivity contribution is 7.89. The molecule has 2 aromatic rings. The number of aryl methyl sites for hydroxylation is 1. The van der Waals surface area contributed by atoms with Crippen LogP contribution >= 0.6 is 0 Å². The minimum absolute atomic E-state index is 0.0280. The van der Waals surface area contributed by atoms with Crippen molar-refractivity contribution in [3.05, 3.63) is 53.6 Å². The molecule has 0 unspecified atom stereocenters. The number of nitrogens with one attached hydrogen (secondary N) is 1. The van der Waals surface area contributed by atoms with Crippen LogP contribution in [0.3, 0.4) is 0 Å². The topological polar surface area (TPSA) is 96.0 Å². The van der Waals surface area contributed by atoms with Crippen molar-refractivity contribution in [3.8, 4) is 5.75 Å². The summed E-state index contributed by atoms with van der Waals surface area (Å²) in [6.07, 6.45) is 3.44. The molecule has 0 aliphatic carbocycles. The van der Waals surface area contributed by atoms with E-state index in [-0.39, 0.29) is 42.3 Å². The molecule has 2 aliphatic rings. The molecule has 34 heavy (non-hydrogen) atoms. The summed E-state index contributed by atoms with van der Waals surface area (Å²) >= 11 is 0. The molecule has 4 rings (SSSR count). The zero-order chi connectivity index (χ0) is 24.3. The fourth-order valence-corrected chi connectivity index (χ4v) is 6.43. The van der Waals surface area contributed by atoms with Crippen molar-refractivity contribution in [2.75, 3.05) is 25.1 Å². The quantitative estimate of drug-likeness (QED) is 0.651. The molecule has 182 valence electrons. The van der Waals surface area contributed by atoms with Crippen LogP contribution in [0.25, 0.3) is 0 Å². The average molecular weight is 486 g/mol. The summed E-state index contributed by atoms with van der Waals surface area (Å²) in [5.41, 5.74) is 2.20. The molecule has 0 saturated carbocycles. The number of carbonyl (C=O) groups is 2. The number of fused-ring (bicyclic) bond motifs is 1. The molecule has 0 radical (unpaired) electrons. The molecule has 1 saturated heterocycles. The van der Waals surface area contributed by atoms with Crippen molar-refractivity contribution in [1.82, 2.24) is 9.62 Å². The number of hydrogen-bond donors (Lipinski definition) is 1. The van der Waals surface area contributed by atoms with Gasteiger partial charge in [-0.3, -0.25) is 9.59 Å². The van der Waals surface area contributed by atoms with E-state index in [4.69, 9.17) is 4.74 Å². The van der Waals surface area contributed by atoms with Crippen molar-refractivity contribution in [2.45, 2.75) is 56.5 Å². The fourth-order valence-electron chi connectivity index (χ4n) is 4.68. The van der Waals surface area contributed by atoms with E-state index in [1.807, 2.05) is 31.2 Å². The van der Waals surface area contributed by atoms with Gasteiger partial charge in [-0.15, -0.1) is 0 Å². The Bertz CT molecular complexity index is 1180. The van der Waals surface area contributed by atoms with E-state index in [2.05, 4.69) is 5.32 Å². The van der Waals surface area contributed by atoms with Gasteiger partial charge in [0.15, 0.2) is 0 Å². The first-order valence-corrected chi connectivity index (χ1v) is 13.1. The van der Waals surface area contributed by atoms with Crippen molar-refractivity contribution >= 4 is 27.5 Å². The molecule has 2 amide bonds. The number of carbonyl (C=O) groups excluding carboxylic acids is 2. The first-order chi connectivity index (χ1) is 16.3. The molecule has 2 heterocycles. The Morgan fingerprint density at radius 3 is 2.71 bits per heavy atom. The maximum absolute atomic E-state index is 13.3. The van der Waals surface area contributed by atoms with E-state index in [1.54, 1.807) is 29.6 Å². The lowest BCUT2D eigenvalue weighted by molar-refractivity contribution is -0.124. The Kier molecular flexibility index (Phi) is 7.23. The highest BCUT2D eigenvalue weighted by Gasteiger charge is 2.33. The highest BCUT2D eigenvalue weighted by Crippen LogP contribution is 2.32. The van der Waals surface area contributed by atoms with Crippen molar-refractivity contribution in [2.24, 2.45) is 0 Å². The summed E-state index contributed by atoms with van der Waals surface area (Å²) in [6.45, 7) is 2.62. The molecular formula is C25H31N3O5S. The predicted molar refractivity (Wildman–Crippen MR) is 129 cm³/mol. The lowest BCUT2D eigenvalue weighted by atomic mass is 10.0. The molecular weight excluding hydrogens is 454 g/mol. The molecule has 0 spiro atoms. The monoisotopic (exact) mass is 485 g/mol. The number of rotatable bonds is 7. The summed E-state index contributed by atoms with van der Waals surface area (Å²) in [5.74, 6) is 0.227. The van der Waals surface area contributed by atoms with Crippen LogP contribution in [0.1, 0.15) is 43.7 Å². The second kappa shape index (κ2) is 10.1. The number of nitrogens with zero attached hydrogens (tertiary/aromatic N) is 2. The van der Waals surface area contributed by atoms with Gasteiger partial charge >= 0.3 is 0 Å². The summed E-state index contributed by atoms with van der Waals surface area (Å²) in [6, 6.07) is 12.2. The van der Waals surface area contributed by atoms with E-state index in [0.29, 0.717) is 24.4 Å². The van der Waals surface area contributed by atoms with E-state index >= 15 is 0 Å². The standard InChI is InChI=1S/C25H31N3O5S/c1-18-7-5-6-14-28(18)34(31,32)21-11-12-22-19(15-21)10-13-25(30)27(22)17-24(29)26-16-20-8-3-4-9-23(20)33-2/h3-4,8-9,11-12,15,18H,5-7,10,13-14,16-17H2,1-2H3,(H,26,29)/t18-/m0/s1. The third-order valence-electron chi connectivity index (χ3n) is 6.57. The molecule has 0 aromatic heterocycles. The van der Waals surface area contributed by atoms with Crippen molar-refractivity contribution in [3.63, 3.8) is 0 Å². The molecule has 1 N–H and O–H groups in total. The van der Waals surface area contributed by atoms with Gasteiger partial charge in [0, 0.05) is 36.8 Å². The lowest BCUT2D eigenvalue weighted by Gasteiger charge is -2.33. The zero-order valence-corrected chi connectivity index (χ0v) is 20.4. The summed E-state index contributed by atoms with van der Waals surface area (Å²) in [7, 11) is -2.03. The summed E-state index contributed by atoms with van der Waals surface area (Å²) in [4.78, 5) is 27.0. The Balaban J connectivity index is 1.49. The SMILES string of the molecule is COc1ccccc1CNC(=O)CN1C(=O)CCc2cc(S(=O)(=O)N3CCCC[C@@H]3C)ccc21. The molecule has 1 fully saturated rings. The van der Waals surface area contributed by atoms with Crippen LogP contribution in [0.2, 0.25) is 0 Å². The number of amides is 2. The van der Waals surface area contributed by atoms with Gasteiger partial charge < -0.3 is 15.0 Å². The van der Waals surface area contributed by atoms with Crippen LogP contribution in [-0.2, 0) is 32.6 Å². The number of methoxy groups -OCH3 is 1. The number of para-hydroxylation sites is 1. The fraction of sp³-hybridized carbons (Fsp3) is 0.440. The zero-order valence-electron chi connectivity index (χ0n) is 19.6. The maximum atomic E-state index is 13.3. The third-order valence-corrected chi connectivity index (χ3v) is 8.58. The van der Waals surface area contributed by atoms with Gasteiger partial charge in [0.1, 0.15) is 12.3 Å². The van der Waals surface area contributed by atoms with Gasteiger partial charge in [-0.1, -0.05) is 24.6 Å². The van der Waals surface area contributed by atoms with Crippen molar-refractivity contribution in [1.29, 1.82) is 0 Å². The van der Waals surface area contributed by atoms with Crippen LogP contribution in [-0.4, -0.2) is 50.8 Å². The molecule has 2 aliphatic heterocycles. The first-order valence-electron chi connectivity index (χ1n) is 11.6. The lowest BCUT2D eigenvalue weighted by Crippen LogP contribution is -2.43. The van der Waals surface area contributed by atoms with Gasteiger partial charge in [-0.05, 0) is 56.0 Å². The predicted octanol–water partition coefficient (Wildman–Crippen LogP) is 2.85. The van der Waals surface area contributed by atoms with Gasteiger partial charge in [0.25, 0.3) is 0 Å². The molecule has 8 nitrogen and oxygen atoms in total. The van der Waals surface area contributed by atoms with E-state index in [1.165, 1.54) is 4.90 Å². The van der Waals surface area contributed by atoms with Crippen molar-refractivity contribution < 1.29 is 22.7 Å². The van der Waals surface area contributed by atoms with Crippen LogP contribution in [0.4, 0.5) is 5.69 Å². The molecule has 1 atom stereocenters. The Labute approximate surface area is 200 Å². The Morgan fingerprint density at radius 2 is 1.94 bits per heavy atom. The Morgan fingerprint density at radius 1 is 1.15 bits per heavy atom. The van der Waals surface area contributed by atoms with E-state index < -0.39 is 10.0 Å². The second-order valence-electron chi connectivity index (χ2n) is 8.82. The molecule has 2 aromatic carbocycles. The number of anilines is 1. The van der Waals surface area contributed by atoms with Crippen LogP contribution in [0.5, 0.6) is 5.75 Å². The number of hydrogen-bond acceptors (Lipinski definition) is 5. The van der Waals surface area contributed by atoms with Crippen LogP contribution < -0.4 is 15.0 Å². The smallest absolute Gasteiger partial charge is 0.243 e. The van der Waals surface area contributed by atoms with Gasteiger partial charge in [-0.25, -0.2) is 8.42 Å². The highest BCUT2D eigenvalue weighted by atomic mass is 32.2. The van der Waals surface area contributed by atoms with Gasteiger partial charge in [0.2, 0.25) is 21.8 Å². The summed E-state index contributed by atoms with van der Waals surface area (Å²) in [5, 5.41) is 2.84. The van der Waals surface area contributed by atoms with E-state index in [9.17, 15) is 18.0 Å². The largest absolute Gasteiger partial charge is 0.496 e. The second-order valence-corrected chi connectivity index (χ2v) is 10.7. The number of sulfonamides is 1. The third kappa shape index (κ3) is 4.95. The Hall–Kier alpha value is -2.91. The van der Waals surface area contributed by atoms with Gasteiger partial charge in [0.05, 0.1) is 12.0 Å². The van der Waals surface area contributed by atoms with Gasteiger partial charge in [-0.2, -0.15) is 4.31 Å². The average Bonchev–Trinajstić information content (AvgIpc) is 2.84. The van der Waals surface area contributed by atoms with Crippen LogP contribution in [0, 0.1) is 0 Å². The number of ether oxygens (including phenoxy) is 1. The minimum Gasteiger partial charge on any atom is -0.496 e. The normalized spacial score (nSPS) is 18.9. The maximum Gasteiger partial charge on any atom is 0.243 e.